The number of pyridine rings is 1. The van der Waals surface area contributed by atoms with Crippen molar-refractivity contribution >= 4 is 5.97 Å². The molecule has 0 amide bonds. The molecule has 4 rings (SSSR count). The largest absolute Gasteiger partial charge is 0.478 e. The molecule has 0 spiro atoms. The second-order valence-electron chi connectivity index (χ2n) is 6.38. The van der Waals surface area contributed by atoms with Crippen LogP contribution in [-0.4, -0.2) is 39.1 Å². The highest BCUT2D eigenvalue weighted by Gasteiger charge is 2.29. The number of halogens is 1. The van der Waals surface area contributed by atoms with Gasteiger partial charge in [-0.15, -0.1) is 0 Å². The third kappa shape index (κ3) is 2.69. The molecule has 1 aliphatic carbocycles. The summed E-state index contributed by atoms with van der Waals surface area (Å²) in [4.78, 5) is 15.5. The molecule has 2 aromatic heterocycles. The van der Waals surface area contributed by atoms with Crippen molar-refractivity contribution in [1.29, 1.82) is 0 Å². The van der Waals surface area contributed by atoms with Gasteiger partial charge in [0, 0.05) is 19.4 Å². The number of nitrogens with zero attached hydrogens (tertiary/aromatic N) is 3. The lowest BCUT2D eigenvalue weighted by Gasteiger charge is -2.24. The van der Waals surface area contributed by atoms with Crippen LogP contribution in [0, 0.1) is 5.95 Å². The Bertz CT molecular complexity index is 779. The Morgan fingerprint density at radius 2 is 2.00 bits per heavy atom. The lowest BCUT2D eigenvalue weighted by Crippen LogP contribution is -2.21. The summed E-state index contributed by atoms with van der Waals surface area (Å²) in [6.45, 7) is 1.18. The van der Waals surface area contributed by atoms with E-state index < -0.39 is 11.9 Å². The Labute approximate surface area is 138 Å². The summed E-state index contributed by atoms with van der Waals surface area (Å²) < 4.78 is 21.4. The van der Waals surface area contributed by atoms with E-state index in [1.54, 1.807) is 16.9 Å². The zero-order valence-corrected chi connectivity index (χ0v) is 13.1. The molecule has 0 radical (unpaired) electrons. The summed E-state index contributed by atoms with van der Waals surface area (Å²) >= 11 is 0. The number of carbonyl (C=O) groups is 1. The van der Waals surface area contributed by atoms with Gasteiger partial charge in [0.1, 0.15) is 5.56 Å². The Balaban J connectivity index is 1.84. The molecule has 6 nitrogen and oxygen atoms in total. The molecule has 1 saturated carbocycles. The normalized spacial score (nSPS) is 18.7. The van der Waals surface area contributed by atoms with Crippen LogP contribution in [0.15, 0.2) is 18.5 Å². The van der Waals surface area contributed by atoms with E-state index in [2.05, 4.69) is 10.1 Å². The first kappa shape index (κ1) is 15.3. The van der Waals surface area contributed by atoms with Crippen LogP contribution >= 0.6 is 0 Å². The van der Waals surface area contributed by atoms with Gasteiger partial charge in [0.15, 0.2) is 0 Å². The van der Waals surface area contributed by atoms with Gasteiger partial charge < -0.3 is 9.84 Å². The molecule has 0 aromatic carbocycles. The van der Waals surface area contributed by atoms with Crippen LogP contribution in [0.4, 0.5) is 4.39 Å². The molecule has 126 valence electrons. The molecule has 3 heterocycles. The van der Waals surface area contributed by atoms with Crippen LogP contribution < -0.4 is 0 Å². The van der Waals surface area contributed by atoms with E-state index in [0.717, 1.165) is 31.2 Å². The van der Waals surface area contributed by atoms with Gasteiger partial charge in [-0.3, -0.25) is 4.68 Å². The molecular weight excluding hydrogens is 313 g/mol. The van der Waals surface area contributed by atoms with Crippen molar-refractivity contribution in [2.75, 3.05) is 13.2 Å². The standard InChI is InChI=1S/C17H18FN3O3/c18-16-13(7-11(8-19-16)10-1-2-10)15-14(17(22)23)9-20-21(15)12-3-5-24-6-4-12/h7-10,12H,1-6H2,(H,22,23). The Kier molecular flexibility index (Phi) is 3.80. The number of carboxylic acid groups (broad SMARTS) is 1. The molecule has 1 N–H and O–H groups in total. The third-order valence-corrected chi connectivity index (χ3v) is 4.73. The second-order valence-corrected chi connectivity index (χ2v) is 6.38. The molecule has 1 saturated heterocycles. The number of hydrogen-bond donors (Lipinski definition) is 1. The molecule has 0 atom stereocenters. The number of ether oxygens (including phenoxy) is 1. The monoisotopic (exact) mass is 331 g/mol. The van der Waals surface area contributed by atoms with E-state index in [9.17, 15) is 14.3 Å². The molecular formula is C17H18FN3O3. The molecule has 0 unspecified atom stereocenters. The fourth-order valence-electron chi connectivity index (χ4n) is 3.26. The van der Waals surface area contributed by atoms with Crippen molar-refractivity contribution in [3.05, 3.63) is 35.5 Å². The average molecular weight is 331 g/mol. The molecule has 2 aromatic rings. The highest BCUT2D eigenvalue weighted by molar-refractivity contribution is 5.94. The summed E-state index contributed by atoms with van der Waals surface area (Å²) in [6.07, 6.45) is 6.44. The first-order valence-electron chi connectivity index (χ1n) is 8.19. The van der Waals surface area contributed by atoms with Gasteiger partial charge in [0.25, 0.3) is 0 Å². The Morgan fingerprint density at radius 1 is 1.25 bits per heavy atom. The molecule has 7 heteroatoms. The molecule has 2 fully saturated rings. The maximum Gasteiger partial charge on any atom is 0.339 e. The predicted molar refractivity (Wildman–Crippen MR) is 83.4 cm³/mol. The van der Waals surface area contributed by atoms with Crippen molar-refractivity contribution in [3.8, 4) is 11.3 Å². The van der Waals surface area contributed by atoms with Gasteiger partial charge in [-0.05, 0) is 43.2 Å². The number of hydrogen-bond acceptors (Lipinski definition) is 4. The van der Waals surface area contributed by atoms with Gasteiger partial charge in [-0.25, -0.2) is 9.78 Å². The number of rotatable bonds is 4. The maximum atomic E-state index is 14.4. The van der Waals surface area contributed by atoms with Crippen LogP contribution in [0.5, 0.6) is 0 Å². The second kappa shape index (κ2) is 5.98. The fraction of sp³-hybridized carbons (Fsp3) is 0.471. The molecule has 1 aliphatic heterocycles. The minimum atomic E-state index is -1.11. The van der Waals surface area contributed by atoms with Crippen molar-refractivity contribution in [2.24, 2.45) is 0 Å². The average Bonchev–Trinajstić information content (AvgIpc) is 3.34. The summed E-state index contributed by atoms with van der Waals surface area (Å²) in [5.74, 6) is -1.36. The summed E-state index contributed by atoms with van der Waals surface area (Å²) in [5.41, 5.74) is 1.50. The van der Waals surface area contributed by atoms with Crippen LogP contribution in [0.2, 0.25) is 0 Å². The van der Waals surface area contributed by atoms with Gasteiger partial charge >= 0.3 is 5.97 Å². The minimum Gasteiger partial charge on any atom is -0.478 e. The van der Waals surface area contributed by atoms with E-state index in [1.165, 1.54) is 6.20 Å². The van der Waals surface area contributed by atoms with Gasteiger partial charge in [-0.1, -0.05) is 0 Å². The quantitative estimate of drug-likeness (QED) is 0.872. The van der Waals surface area contributed by atoms with Crippen LogP contribution in [-0.2, 0) is 4.74 Å². The van der Waals surface area contributed by atoms with E-state index in [0.29, 0.717) is 24.8 Å². The topological polar surface area (TPSA) is 77.2 Å². The van der Waals surface area contributed by atoms with Gasteiger partial charge in [0.2, 0.25) is 5.95 Å². The number of carboxylic acids is 1. The van der Waals surface area contributed by atoms with E-state index in [1.807, 2.05) is 0 Å². The smallest absolute Gasteiger partial charge is 0.339 e. The highest BCUT2D eigenvalue weighted by Crippen LogP contribution is 2.41. The van der Waals surface area contributed by atoms with E-state index in [-0.39, 0.29) is 17.2 Å². The van der Waals surface area contributed by atoms with Gasteiger partial charge in [0.05, 0.1) is 23.5 Å². The van der Waals surface area contributed by atoms with Crippen molar-refractivity contribution in [3.63, 3.8) is 0 Å². The van der Waals surface area contributed by atoms with Gasteiger partial charge in [-0.2, -0.15) is 9.49 Å². The van der Waals surface area contributed by atoms with E-state index >= 15 is 0 Å². The lowest BCUT2D eigenvalue weighted by atomic mass is 10.0. The summed E-state index contributed by atoms with van der Waals surface area (Å²) in [5, 5.41) is 13.8. The third-order valence-electron chi connectivity index (χ3n) is 4.73. The van der Waals surface area contributed by atoms with Crippen molar-refractivity contribution in [1.82, 2.24) is 14.8 Å². The SMILES string of the molecule is O=C(O)c1cnn(C2CCOCC2)c1-c1cc(C2CC2)cnc1F. The minimum absolute atomic E-state index is 0.00540. The fourth-order valence-corrected chi connectivity index (χ4v) is 3.26. The highest BCUT2D eigenvalue weighted by atomic mass is 19.1. The first-order valence-corrected chi connectivity index (χ1v) is 8.19. The summed E-state index contributed by atoms with van der Waals surface area (Å²) in [6, 6.07) is 1.74. The predicted octanol–water partition coefficient (Wildman–Crippen LogP) is 3.01. The van der Waals surface area contributed by atoms with Crippen molar-refractivity contribution < 1.29 is 19.0 Å². The molecule has 0 bridgehead atoms. The Hall–Kier alpha value is -2.28. The molecule has 24 heavy (non-hydrogen) atoms. The lowest BCUT2D eigenvalue weighted by molar-refractivity contribution is 0.0665. The summed E-state index contributed by atoms with van der Waals surface area (Å²) in [7, 11) is 0. The van der Waals surface area contributed by atoms with Crippen molar-refractivity contribution in [2.45, 2.75) is 37.6 Å². The Morgan fingerprint density at radius 3 is 2.67 bits per heavy atom. The zero-order chi connectivity index (χ0) is 16.7. The van der Waals surface area contributed by atoms with Crippen LogP contribution in [0.25, 0.3) is 11.3 Å². The van der Waals surface area contributed by atoms with E-state index in [4.69, 9.17) is 4.74 Å². The zero-order valence-electron chi connectivity index (χ0n) is 13.1. The first-order chi connectivity index (χ1) is 11.6. The van der Waals surface area contributed by atoms with Crippen LogP contribution in [0.3, 0.4) is 0 Å². The maximum absolute atomic E-state index is 14.4. The molecule has 2 aliphatic rings. The number of aromatic nitrogens is 3. The van der Waals surface area contributed by atoms with Crippen LogP contribution in [0.1, 0.15) is 53.6 Å². The number of aromatic carboxylic acids is 1.